The van der Waals surface area contributed by atoms with Crippen LogP contribution in [0.2, 0.25) is 0 Å². The Balaban J connectivity index is 1.56. The Morgan fingerprint density at radius 1 is 0.475 bits per heavy atom. The molecule has 0 atom stereocenters. The first-order valence-corrected chi connectivity index (χ1v) is 14.5. The number of hydrogen-bond acceptors (Lipinski definition) is 4. The fourth-order valence-electron chi connectivity index (χ4n) is 6.04. The summed E-state index contributed by atoms with van der Waals surface area (Å²) in [5, 5.41) is 7.11. The van der Waals surface area contributed by atoms with Gasteiger partial charge in [-0.3, -0.25) is 9.59 Å². The van der Waals surface area contributed by atoms with Crippen LogP contribution in [0.4, 0.5) is 11.4 Å². The Morgan fingerprint density at radius 3 is 1.15 bits per heavy atom. The monoisotopic (exact) mass is 530 g/mol. The summed E-state index contributed by atoms with van der Waals surface area (Å²) in [5.74, 6) is -0.224. The van der Waals surface area contributed by atoms with Crippen molar-refractivity contribution in [3.63, 3.8) is 0 Å². The normalized spacial score (nSPS) is 12.2. The van der Waals surface area contributed by atoms with Crippen LogP contribution >= 0.6 is 0 Å². The van der Waals surface area contributed by atoms with Gasteiger partial charge in [0, 0.05) is 35.6 Å². The fourth-order valence-corrected chi connectivity index (χ4v) is 6.04. The summed E-state index contributed by atoms with van der Waals surface area (Å²) in [6, 6.07) is 24.0. The van der Waals surface area contributed by atoms with Crippen molar-refractivity contribution in [2.24, 2.45) is 0 Å². The molecule has 0 saturated heterocycles. The van der Waals surface area contributed by atoms with E-state index in [0.29, 0.717) is 46.7 Å². The van der Waals surface area contributed by atoms with Crippen molar-refractivity contribution in [2.75, 3.05) is 10.6 Å². The number of aryl methyl sites for hydroxylation is 4. The molecule has 0 bridgehead atoms. The molecule has 0 amide bonds. The van der Waals surface area contributed by atoms with E-state index in [4.69, 9.17) is 0 Å². The summed E-state index contributed by atoms with van der Waals surface area (Å²) in [4.78, 5) is 27.9. The van der Waals surface area contributed by atoms with Gasteiger partial charge in [0.25, 0.3) is 0 Å². The van der Waals surface area contributed by atoms with Crippen LogP contribution in [-0.2, 0) is 38.8 Å². The summed E-state index contributed by atoms with van der Waals surface area (Å²) in [6.07, 6.45) is 3.76. The molecule has 0 heterocycles. The Labute approximate surface area is 237 Å². The number of carbonyl (C=O) groups excluding carboxylic acids is 2. The molecule has 0 aliphatic heterocycles. The molecule has 4 aromatic rings. The summed E-state index contributed by atoms with van der Waals surface area (Å²) in [7, 11) is 0. The van der Waals surface area contributed by atoms with E-state index in [9.17, 15) is 9.59 Å². The number of benzene rings is 4. The molecule has 2 N–H and O–H groups in total. The summed E-state index contributed by atoms with van der Waals surface area (Å²) in [5.41, 5.74) is 11.0. The predicted octanol–water partition coefficient (Wildman–Crippen LogP) is 7.94. The molecule has 4 aromatic carbocycles. The van der Waals surface area contributed by atoms with E-state index in [1.807, 2.05) is 24.3 Å². The SMILES string of the molecule is CCc1cccc(CC)c1CNc1ccc(NCc2c(CC)cccc2CC)c2c1C(=O)c1ccccc1C2=O. The quantitative estimate of drug-likeness (QED) is 0.192. The van der Waals surface area contributed by atoms with Gasteiger partial charge in [-0.05, 0) is 71.2 Å². The van der Waals surface area contributed by atoms with Crippen LogP contribution < -0.4 is 10.6 Å². The van der Waals surface area contributed by atoms with Gasteiger partial charge in [-0.1, -0.05) is 88.4 Å². The number of hydrogen-bond donors (Lipinski definition) is 2. The Bertz CT molecular complexity index is 1420. The highest BCUT2D eigenvalue weighted by molar-refractivity contribution is 6.31. The van der Waals surface area contributed by atoms with Gasteiger partial charge in [-0.2, -0.15) is 0 Å². The third-order valence-electron chi connectivity index (χ3n) is 8.25. The average Bonchev–Trinajstić information content (AvgIpc) is 3.00. The first kappa shape index (κ1) is 27.4. The third-order valence-corrected chi connectivity index (χ3v) is 8.25. The van der Waals surface area contributed by atoms with Crippen molar-refractivity contribution in [2.45, 2.75) is 66.5 Å². The van der Waals surface area contributed by atoms with Gasteiger partial charge < -0.3 is 10.6 Å². The van der Waals surface area contributed by atoms with Gasteiger partial charge in [0.05, 0.1) is 11.1 Å². The van der Waals surface area contributed by atoms with Crippen molar-refractivity contribution >= 4 is 22.9 Å². The molecule has 0 unspecified atom stereocenters. The molecule has 204 valence electrons. The van der Waals surface area contributed by atoms with Crippen LogP contribution in [0, 0.1) is 0 Å². The molecule has 40 heavy (non-hydrogen) atoms. The van der Waals surface area contributed by atoms with Crippen LogP contribution in [0.1, 0.15) is 92.9 Å². The number of carbonyl (C=O) groups is 2. The number of nitrogens with one attached hydrogen (secondary N) is 2. The van der Waals surface area contributed by atoms with Gasteiger partial charge in [0.1, 0.15) is 0 Å². The molecule has 0 spiro atoms. The van der Waals surface area contributed by atoms with Crippen LogP contribution in [0.3, 0.4) is 0 Å². The van der Waals surface area contributed by atoms with Gasteiger partial charge in [0.15, 0.2) is 11.6 Å². The molecule has 5 rings (SSSR count). The van der Waals surface area contributed by atoms with Gasteiger partial charge in [-0.15, -0.1) is 0 Å². The molecule has 0 aromatic heterocycles. The minimum absolute atomic E-state index is 0.112. The van der Waals surface area contributed by atoms with E-state index in [2.05, 4.69) is 74.7 Å². The van der Waals surface area contributed by atoms with Crippen LogP contribution in [0.15, 0.2) is 72.8 Å². The van der Waals surface area contributed by atoms with E-state index < -0.39 is 0 Å². The number of rotatable bonds is 10. The zero-order valence-electron chi connectivity index (χ0n) is 24.0. The second kappa shape index (κ2) is 11.9. The fraction of sp³-hybridized carbons (Fsp3) is 0.278. The number of fused-ring (bicyclic) bond motifs is 2. The topological polar surface area (TPSA) is 58.2 Å². The number of anilines is 2. The minimum Gasteiger partial charge on any atom is -0.380 e. The lowest BCUT2D eigenvalue weighted by atomic mass is 9.82. The van der Waals surface area contributed by atoms with Gasteiger partial charge >= 0.3 is 0 Å². The number of ketones is 2. The maximum atomic E-state index is 13.9. The van der Waals surface area contributed by atoms with Crippen molar-refractivity contribution in [1.82, 2.24) is 0 Å². The molecule has 0 radical (unpaired) electrons. The van der Waals surface area contributed by atoms with E-state index in [-0.39, 0.29) is 11.6 Å². The maximum Gasteiger partial charge on any atom is 0.196 e. The van der Waals surface area contributed by atoms with Gasteiger partial charge in [-0.25, -0.2) is 0 Å². The van der Waals surface area contributed by atoms with E-state index >= 15 is 0 Å². The van der Waals surface area contributed by atoms with E-state index in [1.165, 1.54) is 33.4 Å². The van der Waals surface area contributed by atoms with E-state index in [1.54, 1.807) is 12.1 Å². The second-order valence-electron chi connectivity index (χ2n) is 10.3. The highest BCUT2D eigenvalue weighted by atomic mass is 16.1. The second-order valence-corrected chi connectivity index (χ2v) is 10.3. The van der Waals surface area contributed by atoms with Crippen LogP contribution in [0.5, 0.6) is 0 Å². The molecule has 4 heteroatoms. The lowest BCUT2D eigenvalue weighted by molar-refractivity contribution is 0.0980. The smallest absolute Gasteiger partial charge is 0.196 e. The summed E-state index contributed by atoms with van der Waals surface area (Å²) < 4.78 is 0. The Morgan fingerprint density at radius 2 is 0.825 bits per heavy atom. The van der Waals surface area contributed by atoms with Crippen molar-refractivity contribution in [3.05, 3.63) is 128 Å². The van der Waals surface area contributed by atoms with Crippen molar-refractivity contribution in [1.29, 1.82) is 0 Å². The van der Waals surface area contributed by atoms with Crippen LogP contribution in [-0.4, -0.2) is 11.6 Å². The standard InChI is InChI=1S/C36H38N2O2/c1-5-23-13-11-14-24(6-2)29(23)21-37-31-19-20-32(38-22-30-25(7-3)15-12-16-26(30)8-4)34-33(31)35(39)27-17-9-10-18-28(27)36(34)40/h9-20,37-38H,5-8,21-22H2,1-4H3. The van der Waals surface area contributed by atoms with Crippen molar-refractivity contribution in [3.8, 4) is 0 Å². The molecule has 4 nitrogen and oxygen atoms in total. The lowest BCUT2D eigenvalue weighted by Gasteiger charge is -2.25. The Hall–Kier alpha value is -4.18. The largest absolute Gasteiger partial charge is 0.380 e. The highest BCUT2D eigenvalue weighted by Crippen LogP contribution is 2.37. The van der Waals surface area contributed by atoms with Gasteiger partial charge in [0.2, 0.25) is 0 Å². The molecule has 0 fully saturated rings. The highest BCUT2D eigenvalue weighted by Gasteiger charge is 2.34. The maximum absolute atomic E-state index is 13.9. The lowest BCUT2D eigenvalue weighted by Crippen LogP contribution is -2.24. The molecule has 1 aliphatic rings. The first-order valence-electron chi connectivity index (χ1n) is 14.5. The third kappa shape index (κ3) is 4.95. The molecular formula is C36H38N2O2. The average molecular weight is 531 g/mol. The molecule has 0 saturated carbocycles. The first-order chi connectivity index (χ1) is 19.5. The predicted molar refractivity (Wildman–Crippen MR) is 165 cm³/mol. The zero-order valence-corrected chi connectivity index (χ0v) is 24.0. The minimum atomic E-state index is -0.112. The zero-order chi connectivity index (χ0) is 28.2. The van der Waals surface area contributed by atoms with Crippen LogP contribution in [0.25, 0.3) is 0 Å². The summed E-state index contributed by atoms with van der Waals surface area (Å²) >= 11 is 0. The van der Waals surface area contributed by atoms with E-state index in [0.717, 1.165) is 25.7 Å². The summed E-state index contributed by atoms with van der Waals surface area (Å²) in [6.45, 7) is 9.86. The molecule has 1 aliphatic carbocycles. The Kier molecular flexibility index (Phi) is 8.16. The van der Waals surface area contributed by atoms with Crippen molar-refractivity contribution < 1.29 is 9.59 Å². The molecular weight excluding hydrogens is 492 g/mol.